The number of hydrogen-bond donors (Lipinski definition) is 1. The molecule has 0 bridgehead atoms. The molecule has 0 aliphatic carbocycles. The van der Waals surface area contributed by atoms with Crippen LogP contribution in [0.3, 0.4) is 0 Å². The first kappa shape index (κ1) is 22.9. The van der Waals surface area contributed by atoms with Gasteiger partial charge in [0.05, 0.1) is 6.54 Å². The van der Waals surface area contributed by atoms with Crippen LogP contribution in [-0.2, 0) is 13.1 Å². The average Bonchev–Trinajstić information content (AvgIpc) is 3.66. The van der Waals surface area contributed by atoms with Gasteiger partial charge in [-0.1, -0.05) is 17.0 Å². The van der Waals surface area contributed by atoms with E-state index in [0.717, 1.165) is 16.8 Å². The molecule has 1 N–H and O–H groups in total. The van der Waals surface area contributed by atoms with E-state index >= 15 is 0 Å². The second kappa shape index (κ2) is 10.2. The molecule has 0 fully saturated rings. The van der Waals surface area contributed by atoms with Crippen molar-refractivity contribution in [3.05, 3.63) is 102 Å². The topological polar surface area (TPSA) is 125 Å². The molecule has 4 heterocycles. The lowest BCUT2D eigenvalue weighted by atomic mass is 10.1. The van der Waals surface area contributed by atoms with Crippen molar-refractivity contribution in [3.8, 4) is 23.2 Å². The van der Waals surface area contributed by atoms with Gasteiger partial charge >= 0.3 is 0 Å². The number of hydrogen-bond acceptors (Lipinski definition) is 8. The van der Waals surface area contributed by atoms with Crippen molar-refractivity contribution in [2.24, 2.45) is 0 Å². The van der Waals surface area contributed by atoms with E-state index in [4.69, 9.17) is 4.52 Å². The number of aromatic nitrogens is 7. The number of nitrogens with zero attached hydrogens (tertiary/aromatic N) is 7. The van der Waals surface area contributed by atoms with Crippen molar-refractivity contribution < 1.29 is 14.4 Å². The molecule has 0 radical (unpaired) electrons. The summed E-state index contributed by atoms with van der Waals surface area (Å²) in [6.07, 6.45) is 7.22. The van der Waals surface area contributed by atoms with Gasteiger partial charge in [-0.2, -0.15) is 5.10 Å². The van der Waals surface area contributed by atoms with Crippen molar-refractivity contribution in [2.75, 3.05) is 0 Å². The number of aliphatic hydroxyl groups is 1. The maximum atomic E-state index is 12.3. The summed E-state index contributed by atoms with van der Waals surface area (Å²) < 4.78 is 8.79. The summed E-state index contributed by atoms with van der Waals surface area (Å²) in [5, 5.41) is 17.9. The van der Waals surface area contributed by atoms with Crippen LogP contribution in [-0.4, -0.2) is 45.3 Å². The van der Waals surface area contributed by atoms with E-state index in [0.29, 0.717) is 29.4 Å². The number of carbonyl (C=O) groups excluding carboxylic acids is 1. The van der Waals surface area contributed by atoms with Crippen molar-refractivity contribution >= 4 is 5.78 Å². The maximum absolute atomic E-state index is 12.3. The van der Waals surface area contributed by atoms with Gasteiger partial charge in [-0.05, 0) is 43.3 Å². The van der Waals surface area contributed by atoms with Gasteiger partial charge in [-0.25, -0.2) is 14.6 Å². The first-order valence-corrected chi connectivity index (χ1v) is 11.1. The average molecular weight is 480 g/mol. The molecule has 0 amide bonds. The Hall–Kier alpha value is -4.88. The highest BCUT2D eigenvalue weighted by Crippen LogP contribution is 2.22. The second-order valence-corrected chi connectivity index (χ2v) is 8.05. The third kappa shape index (κ3) is 5.27. The number of ketones is 1. The third-order valence-electron chi connectivity index (χ3n) is 5.35. The van der Waals surface area contributed by atoms with Crippen molar-refractivity contribution in [3.63, 3.8) is 0 Å². The summed E-state index contributed by atoms with van der Waals surface area (Å²) in [5.41, 5.74) is 3.47. The predicted molar refractivity (Wildman–Crippen MR) is 128 cm³/mol. The molecule has 0 unspecified atom stereocenters. The van der Waals surface area contributed by atoms with Gasteiger partial charge in [0.15, 0.2) is 5.76 Å². The van der Waals surface area contributed by atoms with Crippen LogP contribution in [0, 0.1) is 11.8 Å². The van der Waals surface area contributed by atoms with Crippen LogP contribution in [0.25, 0.3) is 11.3 Å². The fourth-order valence-electron chi connectivity index (χ4n) is 3.56. The minimum Gasteiger partial charge on any atom is -0.385 e. The number of benzene rings is 1. The number of imidazole rings is 1. The van der Waals surface area contributed by atoms with Gasteiger partial charge < -0.3 is 14.2 Å². The first-order valence-electron chi connectivity index (χ1n) is 11.1. The molecule has 0 spiro atoms. The highest BCUT2D eigenvalue weighted by molar-refractivity contribution is 5.93. The lowest BCUT2D eigenvalue weighted by molar-refractivity contribution is 0.0962. The zero-order valence-electron chi connectivity index (χ0n) is 19.3. The van der Waals surface area contributed by atoms with Crippen molar-refractivity contribution in [1.29, 1.82) is 0 Å². The third-order valence-corrected chi connectivity index (χ3v) is 5.35. The van der Waals surface area contributed by atoms with Gasteiger partial charge in [0.1, 0.15) is 42.5 Å². The summed E-state index contributed by atoms with van der Waals surface area (Å²) in [6.45, 7) is 2.21. The van der Waals surface area contributed by atoms with Crippen LogP contribution in [0.1, 0.15) is 46.2 Å². The largest absolute Gasteiger partial charge is 0.385 e. The van der Waals surface area contributed by atoms with Gasteiger partial charge in [0.25, 0.3) is 0 Å². The summed E-state index contributed by atoms with van der Waals surface area (Å²) in [7, 11) is 0. The minimum absolute atomic E-state index is 0.0868. The molecular weight excluding hydrogens is 458 g/mol. The van der Waals surface area contributed by atoms with E-state index in [1.807, 2.05) is 34.9 Å². The van der Waals surface area contributed by atoms with Crippen LogP contribution >= 0.6 is 0 Å². The molecular formula is C26H21N7O3. The minimum atomic E-state index is -0.665. The molecule has 0 saturated carbocycles. The van der Waals surface area contributed by atoms with E-state index in [1.165, 1.54) is 17.3 Å². The SMILES string of the molecule is C[C@H](O)c1nccn1Cc1cc(-c2ccc(C#Cc3ccc(C(=O)Cn4cncn4)nc3)cc2)on1. The molecule has 4 aromatic heterocycles. The summed E-state index contributed by atoms with van der Waals surface area (Å²) in [5.74, 6) is 7.22. The van der Waals surface area contributed by atoms with Gasteiger partial charge in [-0.3, -0.25) is 9.78 Å². The standard InChI is InChI=1S/C26H21N7O3/c1-18(34)26-28-10-11-32(26)14-22-12-25(36-31-22)21-7-4-19(5-8-21)2-3-20-6-9-23(29-13-20)24(35)15-33-17-27-16-30-33/h4-13,16-18,34H,14-15H2,1H3/t18-/m0/s1. The number of carbonyl (C=O) groups is 1. The van der Waals surface area contributed by atoms with Crippen LogP contribution in [0.4, 0.5) is 0 Å². The Balaban J connectivity index is 1.22. The molecule has 0 aliphatic heterocycles. The molecule has 36 heavy (non-hydrogen) atoms. The van der Waals surface area contributed by atoms with Crippen LogP contribution in [0.15, 0.2) is 78.2 Å². The van der Waals surface area contributed by atoms with Crippen LogP contribution in [0.2, 0.25) is 0 Å². The van der Waals surface area contributed by atoms with Crippen LogP contribution < -0.4 is 0 Å². The molecule has 178 valence electrons. The molecule has 1 aromatic carbocycles. The Morgan fingerprint density at radius 1 is 1.11 bits per heavy atom. The monoisotopic (exact) mass is 479 g/mol. The quantitative estimate of drug-likeness (QED) is 0.279. The smallest absolute Gasteiger partial charge is 0.202 e. The fourth-order valence-corrected chi connectivity index (χ4v) is 3.56. The Kier molecular flexibility index (Phi) is 6.46. The Morgan fingerprint density at radius 2 is 1.92 bits per heavy atom. The van der Waals surface area contributed by atoms with E-state index in [9.17, 15) is 9.90 Å². The zero-order chi connectivity index (χ0) is 24.9. The number of aliphatic hydroxyl groups excluding tert-OH is 1. The maximum Gasteiger partial charge on any atom is 0.202 e. The van der Waals surface area contributed by atoms with Gasteiger partial charge in [0.2, 0.25) is 5.78 Å². The van der Waals surface area contributed by atoms with Crippen molar-refractivity contribution in [2.45, 2.75) is 26.1 Å². The number of rotatable bonds is 7. The molecule has 0 aliphatic rings. The van der Waals surface area contributed by atoms with E-state index < -0.39 is 6.10 Å². The molecule has 5 rings (SSSR count). The summed E-state index contributed by atoms with van der Waals surface area (Å²) in [4.78, 5) is 24.5. The van der Waals surface area contributed by atoms with Crippen LogP contribution in [0.5, 0.6) is 0 Å². The van der Waals surface area contributed by atoms with E-state index in [1.54, 1.807) is 37.6 Å². The summed E-state index contributed by atoms with van der Waals surface area (Å²) >= 11 is 0. The number of Topliss-reactive ketones (excluding diaryl/α,β-unsaturated/α-hetero) is 1. The lowest BCUT2D eigenvalue weighted by Gasteiger charge is -2.07. The highest BCUT2D eigenvalue weighted by atomic mass is 16.5. The van der Waals surface area contributed by atoms with Crippen molar-refractivity contribution in [1.82, 2.24) is 34.5 Å². The molecule has 1 atom stereocenters. The van der Waals surface area contributed by atoms with Gasteiger partial charge in [-0.15, -0.1) is 0 Å². The fraction of sp³-hybridized carbons (Fsp3) is 0.154. The van der Waals surface area contributed by atoms with E-state index in [-0.39, 0.29) is 12.3 Å². The Morgan fingerprint density at radius 3 is 2.64 bits per heavy atom. The molecule has 5 aromatic rings. The molecule has 0 saturated heterocycles. The Labute approximate surface area is 206 Å². The number of pyridine rings is 1. The van der Waals surface area contributed by atoms with E-state index in [2.05, 4.69) is 37.0 Å². The normalized spacial score (nSPS) is 11.6. The van der Waals surface area contributed by atoms with Gasteiger partial charge in [0, 0.05) is 41.3 Å². The predicted octanol–water partition coefficient (Wildman–Crippen LogP) is 2.91. The highest BCUT2D eigenvalue weighted by Gasteiger charge is 2.12. The summed E-state index contributed by atoms with van der Waals surface area (Å²) in [6, 6.07) is 12.9. The zero-order valence-corrected chi connectivity index (χ0v) is 19.3. The second-order valence-electron chi connectivity index (χ2n) is 8.05. The molecule has 10 nitrogen and oxygen atoms in total. The Bertz CT molecular complexity index is 1520. The molecule has 10 heteroatoms. The first-order chi connectivity index (χ1) is 17.5. The lowest BCUT2D eigenvalue weighted by Crippen LogP contribution is -2.12.